The summed E-state index contributed by atoms with van der Waals surface area (Å²) >= 11 is 0. The van der Waals surface area contributed by atoms with Crippen molar-refractivity contribution in [3.8, 4) is 0 Å². The van der Waals surface area contributed by atoms with Crippen molar-refractivity contribution < 1.29 is 23.7 Å². The van der Waals surface area contributed by atoms with Crippen LogP contribution < -0.4 is 11.2 Å². The molecule has 0 amide bonds. The van der Waals surface area contributed by atoms with Crippen LogP contribution in [0.4, 0.5) is 0 Å². The number of nitrogens with one attached hydrogen (secondary N) is 1. The Morgan fingerprint density at radius 2 is 2.04 bits per heavy atom. The number of allylic oxidation sites excluding steroid dienone is 2. The number of aromatic nitrogens is 2. The van der Waals surface area contributed by atoms with Crippen molar-refractivity contribution >= 4 is 5.97 Å². The molecular formula is C19H26N2O7. The molecule has 0 aromatic carbocycles. The second kappa shape index (κ2) is 8.42. The van der Waals surface area contributed by atoms with Crippen LogP contribution in [-0.4, -0.2) is 46.2 Å². The molecule has 2 aliphatic heterocycles. The predicted molar refractivity (Wildman–Crippen MR) is 98.7 cm³/mol. The molecule has 0 saturated carbocycles. The van der Waals surface area contributed by atoms with E-state index in [9.17, 15) is 14.4 Å². The zero-order valence-electron chi connectivity index (χ0n) is 16.3. The summed E-state index contributed by atoms with van der Waals surface area (Å²) < 4.78 is 24.3. The van der Waals surface area contributed by atoms with Gasteiger partial charge in [0.25, 0.3) is 5.56 Å². The Labute approximate surface area is 162 Å². The Morgan fingerprint density at radius 3 is 2.75 bits per heavy atom. The number of aromatic amines is 1. The van der Waals surface area contributed by atoms with Gasteiger partial charge in [-0.2, -0.15) is 0 Å². The highest BCUT2D eigenvalue weighted by Crippen LogP contribution is 2.42. The summed E-state index contributed by atoms with van der Waals surface area (Å²) in [6.45, 7) is 5.55. The van der Waals surface area contributed by atoms with Crippen molar-refractivity contribution in [1.29, 1.82) is 0 Å². The van der Waals surface area contributed by atoms with Gasteiger partial charge in [-0.25, -0.2) is 4.79 Å². The lowest BCUT2D eigenvalue weighted by atomic mass is 10.1. The molecule has 2 fully saturated rings. The molecule has 0 spiro atoms. The number of hydrogen-bond donors (Lipinski definition) is 1. The minimum Gasteiger partial charge on any atom is -0.463 e. The van der Waals surface area contributed by atoms with E-state index in [1.54, 1.807) is 13.8 Å². The lowest BCUT2D eigenvalue weighted by Crippen LogP contribution is -2.37. The van der Waals surface area contributed by atoms with Gasteiger partial charge in [0.2, 0.25) is 0 Å². The molecule has 0 aliphatic carbocycles. The van der Waals surface area contributed by atoms with Gasteiger partial charge in [0.1, 0.15) is 24.9 Å². The van der Waals surface area contributed by atoms with Gasteiger partial charge >= 0.3 is 11.7 Å². The molecule has 2 aliphatic rings. The van der Waals surface area contributed by atoms with Gasteiger partial charge in [-0.3, -0.25) is 19.1 Å². The Hall–Kier alpha value is -2.23. The molecule has 2 saturated heterocycles. The van der Waals surface area contributed by atoms with Crippen molar-refractivity contribution in [3.63, 3.8) is 0 Å². The second-order valence-electron chi connectivity index (χ2n) is 7.25. The van der Waals surface area contributed by atoms with E-state index in [0.29, 0.717) is 6.42 Å². The van der Waals surface area contributed by atoms with Gasteiger partial charge in [-0.1, -0.05) is 19.1 Å². The molecule has 0 radical (unpaired) electrons. The average Bonchev–Trinajstić information content (AvgIpc) is 3.10. The summed E-state index contributed by atoms with van der Waals surface area (Å²) in [6, 6.07) is 1.23. The third-order valence-electron chi connectivity index (χ3n) is 4.58. The first kappa shape index (κ1) is 20.5. The minimum absolute atomic E-state index is 0.00840. The molecule has 3 heterocycles. The van der Waals surface area contributed by atoms with Gasteiger partial charge in [0, 0.05) is 18.7 Å². The number of rotatable bonds is 7. The smallest absolute Gasteiger partial charge is 0.330 e. The summed E-state index contributed by atoms with van der Waals surface area (Å²) in [6.07, 6.45) is 4.64. The second-order valence-corrected chi connectivity index (χ2v) is 7.25. The topological polar surface area (TPSA) is 109 Å². The highest BCUT2D eigenvalue weighted by Gasteiger charge is 2.56. The van der Waals surface area contributed by atoms with Crippen molar-refractivity contribution in [2.75, 3.05) is 6.61 Å². The Kier molecular flexibility index (Phi) is 6.17. The Morgan fingerprint density at radius 1 is 1.29 bits per heavy atom. The largest absolute Gasteiger partial charge is 0.463 e. The van der Waals surface area contributed by atoms with Crippen LogP contribution in [0.25, 0.3) is 0 Å². The maximum absolute atomic E-state index is 12.2. The van der Waals surface area contributed by atoms with Gasteiger partial charge in [-0.15, -0.1) is 0 Å². The van der Waals surface area contributed by atoms with Crippen LogP contribution in [0.5, 0.6) is 0 Å². The van der Waals surface area contributed by atoms with Gasteiger partial charge in [0.15, 0.2) is 12.0 Å². The third kappa shape index (κ3) is 4.60. The minimum atomic E-state index is -0.865. The fourth-order valence-electron chi connectivity index (χ4n) is 3.38. The molecule has 4 atom stereocenters. The van der Waals surface area contributed by atoms with Crippen LogP contribution in [0.2, 0.25) is 0 Å². The molecule has 154 valence electrons. The maximum Gasteiger partial charge on any atom is 0.330 e. The molecule has 9 nitrogen and oxygen atoms in total. The van der Waals surface area contributed by atoms with Crippen LogP contribution >= 0.6 is 0 Å². The molecular weight excluding hydrogens is 368 g/mol. The quantitative estimate of drug-likeness (QED) is 0.547. The number of nitrogens with zero attached hydrogens (tertiary/aromatic N) is 1. The standard InChI is InChI=1S/C19H26N2O7/c1-4-5-6-7-8-14(23)25-11-12-15-16(28-19(2,3)27-15)17(26-12)21-10-9-13(22)20-18(21)24/h5-6,9-10,12,15-17H,4,7-8,11H2,1-3H3,(H,20,22,24)/t12-,15?,16?,17-/m1/s1. The molecule has 3 rings (SSSR count). The van der Waals surface area contributed by atoms with Gasteiger partial charge in [-0.05, 0) is 26.7 Å². The molecule has 2 unspecified atom stereocenters. The van der Waals surface area contributed by atoms with Gasteiger partial charge in [0.05, 0.1) is 0 Å². The highest BCUT2D eigenvalue weighted by molar-refractivity contribution is 5.69. The SMILES string of the molecule is CCC=CCCC(=O)OC[C@H]1O[C@@H](n2ccc(=O)[nH]c2=O)C2OC(C)(C)OC21. The summed E-state index contributed by atoms with van der Waals surface area (Å²) in [4.78, 5) is 37.6. The van der Waals surface area contributed by atoms with Gasteiger partial charge < -0.3 is 18.9 Å². The van der Waals surface area contributed by atoms with E-state index in [0.717, 1.165) is 6.42 Å². The zero-order valence-corrected chi connectivity index (χ0v) is 16.3. The van der Waals surface area contributed by atoms with E-state index in [4.69, 9.17) is 18.9 Å². The van der Waals surface area contributed by atoms with E-state index >= 15 is 0 Å². The van der Waals surface area contributed by atoms with Crippen molar-refractivity contribution in [1.82, 2.24) is 9.55 Å². The third-order valence-corrected chi connectivity index (χ3v) is 4.58. The van der Waals surface area contributed by atoms with Crippen molar-refractivity contribution in [2.45, 2.75) is 70.4 Å². The predicted octanol–water partition coefficient (Wildman–Crippen LogP) is 1.24. The van der Waals surface area contributed by atoms with E-state index in [-0.39, 0.29) is 19.0 Å². The van der Waals surface area contributed by atoms with Crippen LogP contribution in [0.1, 0.15) is 46.3 Å². The molecule has 1 aromatic rings. The number of H-pyrrole nitrogens is 1. The monoisotopic (exact) mass is 394 g/mol. The molecule has 28 heavy (non-hydrogen) atoms. The highest BCUT2D eigenvalue weighted by atomic mass is 16.8. The molecule has 1 aromatic heterocycles. The fraction of sp³-hybridized carbons (Fsp3) is 0.632. The number of esters is 1. The average molecular weight is 394 g/mol. The number of carbonyl (C=O) groups is 1. The summed E-state index contributed by atoms with van der Waals surface area (Å²) in [5.74, 6) is -1.19. The lowest BCUT2D eigenvalue weighted by Gasteiger charge is -2.24. The number of hydrogen-bond acceptors (Lipinski definition) is 7. The van der Waals surface area contributed by atoms with Crippen LogP contribution in [0, 0.1) is 0 Å². The zero-order chi connectivity index (χ0) is 20.3. The Bertz CT molecular complexity index is 841. The number of fused-ring (bicyclic) bond motifs is 1. The summed E-state index contributed by atoms with van der Waals surface area (Å²) in [7, 11) is 0. The van der Waals surface area contributed by atoms with Crippen LogP contribution in [0.3, 0.4) is 0 Å². The molecule has 0 bridgehead atoms. The van der Waals surface area contributed by atoms with E-state index in [1.807, 2.05) is 19.1 Å². The van der Waals surface area contributed by atoms with E-state index in [1.165, 1.54) is 16.8 Å². The summed E-state index contributed by atoms with van der Waals surface area (Å²) in [5, 5.41) is 0. The first-order valence-corrected chi connectivity index (χ1v) is 9.44. The maximum atomic E-state index is 12.2. The lowest BCUT2D eigenvalue weighted by molar-refractivity contribution is -0.203. The normalized spacial score (nSPS) is 28.5. The van der Waals surface area contributed by atoms with Crippen molar-refractivity contribution in [3.05, 3.63) is 45.3 Å². The van der Waals surface area contributed by atoms with E-state index < -0.39 is 41.6 Å². The van der Waals surface area contributed by atoms with Crippen LogP contribution in [-0.2, 0) is 23.7 Å². The Balaban J connectivity index is 1.69. The first-order valence-electron chi connectivity index (χ1n) is 9.44. The van der Waals surface area contributed by atoms with E-state index in [2.05, 4.69) is 4.98 Å². The molecule has 1 N–H and O–H groups in total. The fourth-order valence-corrected chi connectivity index (χ4v) is 3.38. The first-order chi connectivity index (χ1) is 13.3. The number of ether oxygens (including phenoxy) is 4. The van der Waals surface area contributed by atoms with Crippen LogP contribution in [0.15, 0.2) is 34.0 Å². The molecule has 9 heteroatoms. The number of carbonyl (C=O) groups excluding carboxylic acids is 1. The van der Waals surface area contributed by atoms with Crippen molar-refractivity contribution in [2.24, 2.45) is 0 Å². The summed E-state index contributed by atoms with van der Waals surface area (Å²) in [5.41, 5.74) is -1.10.